The van der Waals surface area contributed by atoms with Gasteiger partial charge in [0.1, 0.15) is 12.7 Å². The van der Waals surface area contributed by atoms with E-state index < -0.39 is 18.2 Å². The molecule has 0 aliphatic carbocycles. The highest BCUT2D eigenvalue weighted by Gasteiger charge is 2.13. The minimum absolute atomic E-state index is 0.150. The second-order valence-corrected chi connectivity index (χ2v) is 4.55. The first-order valence-electron chi connectivity index (χ1n) is 6.99. The van der Waals surface area contributed by atoms with Gasteiger partial charge in [0.2, 0.25) is 0 Å². The van der Waals surface area contributed by atoms with Gasteiger partial charge in [0.15, 0.2) is 11.9 Å². The van der Waals surface area contributed by atoms with Gasteiger partial charge in [-0.15, -0.1) is 0 Å². The number of esters is 1. The van der Waals surface area contributed by atoms with Crippen LogP contribution in [-0.4, -0.2) is 34.2 Å². The van der Waals surface area contributed by atoms with Crippen molar-refractivity contribution < 1.29 is 24.5 Å². The van der Waals surface area contributed by atoms with Gasteiger partial charge in [-0.3, -0.25) is 4.79 Å². The lowest BCUT2D eigenvalue weighted by Crippen LogP contribution is -2.21. The van der Waals surface area contributed by atoms with Crippen LogP contribution in [-0.2, 0) is 20.9 Å². The maximum absolute atomic E-state index is 11.1. The van der Waals surface area contributed by atoms with E-state index >= 15 is 0 Å². The van der Waals surface area contributed by atoms with E-state index in [1.807, 2.05) is 30.3 Å². The molecule has 2 N–H and O–H groups in total. The van der Waals surface area contributed by atoms with Gasteiger partial charge in [-0.2, -0.15) is 0 Å². The minimum atomic E-state index is -1.00. The van der Waals surface area contributed by atoms with Gasteiger partial charge in [0.05, 0.1) is 0 Å². The molecule has 1 aromatic carbocycles. The largest absolute Gasteiger partial charge is 0.459 e. The third kappa shape index (κ3) is 8.94. The predicted octanol–water partition coefficient (Wildman–Crippen LogP) is 1.85. The number of rotatable bonds is 6. The van der Waals surface area contributed by atoms with Crippen molar-refractivity contribution in [3.8, 4) is 0 Å². The Morgan fingerprint density at radius 1 is 1.05 bits per heavy atom. The zero-order valence-corrected chi connectivity index (χ0v) is 12.8. The Morgan fingerprint density at radius 3 is 1.95 bits per heavy atom. The van der Waals surface area contributed by atoms with E-state index in [9.17, 15) is 9.59 Å². The normalized spacial score (nSPS) is 12.6. The van der Waals surface area contributed by atoms with Crippen LogP contribution in [0.5, 0.6) is 0 Å². The zero-order valence-electron chi connectivity index (χ0n) is 12.8. The van der Waals surface area contributed by atoms with Crippen molar-refractivity contribution in [3.63, 3.8) is 0 Å². The maximum Gasteiger partial charge on any atom is 0.335 e. The monoisotopic (exact) mass is 296 g/mol. The first-order chi connectivity index (χ1) is 9.92. The molecule has 0 aromatic heterocycles. The van der Waals surface area contributed by atoms with Crippen LogP contribution in [0, 0.1) is 0 Å². The van der Waals surface area contributed by atoms with Gasteiger partial charge in [0.25, 0.3) is 0 Å². The molecule has 0 saturated carbocycles. The Morgan fingerprint density at radius 2 is 1.57 bits per heavy atom. The number of aliphatic hydroxyl groups excluding tert-OH is 2. The molecule has 1 aromatic rings. The first kappa shape index (κ1) is 19.3. The average Bonchev–Trinajstić information content (AvgIpc) is 2.52. The van der Waals surface area contributed by atoms with Crippen LogP contribution >= 0.6 is 0 Å². The lowest BCUT2D eigenvalue weighted by molar-refractivity contribution is -0.155. The van der Waals surface area contributed by atoms with Crippen LogP contribution in [0.2, 0.25) is 0 Å². The molecule has 0 aliphatic heterocycles. The number of carbonyl (C=O) groups excluding carboxylic acids is 2. The molecule has 21 heavy (non-hydrogen) atoms. The van der Waals surface area contributed by atoms with E-state index in [4.69, 9.17) is 14.9 Å². The van der Waals surface area contributed by atoms with Crippen molar-refractivity contribution in [2.75, 3.05) is 0 Å². The van der Waals surface area contributed by atoms with Gasteiger partial charge >= 0.3 is 5.97 Å². The predicted molar refractivity (Wildman–Crippen MR) is 79.5 cm³/mol. The van der Waals surface area contributed by atoms with E-state index in [2.05, 4.69) is 0 Å². The SMILES string of the molecule is CC[C@@H](O)C(=O)OCc1ccccc1.CC[C@@H](O)C(C)=O. The summed E-state index contributed by atoms with van der Waals surface area (Å²) in [6, 6.07) is 9.38. The Balaban J connectivity index is 0.000000486. The van der Waals surface area contributed by atoms with Crippen LogP contribution in [0.15, 0.2) is 30.3 Å². The number of carbonyl (C=O) groups is 2. The van der Waals surface area contributed by atoms with E-state index in [1.165, 1.54) is 6.92 Å². The number of Topliss-reactive ketones (excluding diaryl/α,β-unsaturated/α-hetero) is 1. The van der Waals surface area contributed by atoms with Crippen LogP contribution in [0.3, 0.4) is 0 Å². The van der Waals surface area contributed by atoms with E-state index in [-0.39, 0.29) is 12.4 Å². The summed E-state index contributed by atoms with van der Waals surface area (Å²) in [5.74, 6) is -0.709. The highest BCUT2D eigenvalue weighted by Crippen LogP contribution is 2.02. The topological polar surface area (TPSA) is 83.8 Å². The molecule has 5 heteroatoms. The lowest BCUT2D eigenvalue weighted by Gasteiger charge is -2.08. The molecule has 0 fully saturated rings. The Hall–Kier alpha value is -1.72. The second-order valence-electron chi connectivity index (χ2n) is 4.55. The zero-order chi connectivity index (χ0) is 16.3. The Bertz CT molecular complexity index is 416. The Labute approximate surface area is 125 Å². The number of ketones is 1. The molecule has 1 rings (SSSR count). The summed E-state index contributed by atoms with van der Waals surface area (Å²) in [4.78, 5) is 21.2. The standard InChI is InChI=1S/C11H14O3.C5H10O2/c1-2-10(12)11(13)14-8-9-6-4-3-5-7-9;1-3-5(7)4(2)6/h3-7,10,12H,2,8H2,1H3;5,7H,3H2,1-2H3/t10-;5-/m11/s1. The smallest absolute Gasteiger partial charge is 0.335 e. The molecular formula is C16H24O5. The third-order valence-corrected chi connectivity index (χ3v) is 2.74. The summed E-state index contributed by atoms with van der Waals surface area (Å²) in [5.41, 5.74) is 0.921. The molecule has 2 atom stereocenters. The van der Waals surface area contributed by atoms with Gasteiger partial charge in [-0.1, -0.05) is 44.2 Å². The average molecular weight is 296 g/mol. The van der Waals surface area contributed by atoms with Gasteiger partial charge in [-0.05, 0) is 25.3 Å². The molecule has 5 nitrogen and oxygen atoms in total. The van der Waals surface area contributed by atoms with E-state index in [1.54, 1.807) is 13.8 Å². The molecule has 0 heterocycles. The van der Waals surface area contributed by atoms with Crippen LogP contribution in [0.1, 0.15) is 39.2 Å². The molecule has 0 aliphatic rings. The molecule has 0 bridgehead atoms. The Kier molecular flexibility index (Phi) is 10.1. The summed E-state index contributed by atoms with van der Waals surface area (Å²) in [6.07, 6.45) is -0.832. The van der Waals surface area contributed by atoms with Crippen LogP contribution in [0.25, 0.3) is 0 Å². The number of aliphatic hydroxyl groups is 2. The van der Waals surface area contributed by atoms with Crippen LogP contribution in [0.4, 0.5) is 0 Å². The summed E-state index contributed by atoms with van der Waals surface area (Å²) in [5, 5.41) is 17.7. The number of hydrogen-bond acceptors (Lipinski definition) is 5. The summed E-state index contributed by atoms with van der Waals surface area (Å²) in [7, 11) is 0. The molecule has 0 amide bonds. The van der Waals surface area contributed by atoms with Gasteiger partial charge in [0, 0.05) is 0 Å². The lowest BCUT2D eigenvalue weighted by atomic mass is 10.2. The quantitative estimate of drug-likeness (QED) is 0.783. The second kappa shape index (κ2) is 11.0. The fraction of sp³-hybridized carbons (Fsp3) is 0.500. The van der Waals surface area contributed by atoms with Crippen molar-refractivity contribution in [1.29, 1.82) is 0 Å². The van der Waals surface area contributed by atoms with E-state index in [0.29, 0.717) is 12.8 Å². The molecule has 118 valence electrons. The van der Waals surface area contributed by atoms with Crippen molar-refractivity contribution in [3.05, 3.63) is 35.9 Å². The molecule has 0 unspecified atom stereocenters. The fourth-order valence-electron chi connectivity index (χ4n) is 1.28. The minimum Gasteiger partial charge on any atom is -0.459 e. The summed E-state index contributed by atoms with van der Waals surface area (Å²) in [6.45, 7) is 5.10. The van der Waals surface area contributed by atoms with Gasteiger partial charge in [-0.25, -0.2) is 4.79 Å². The first-order valence-corrected chi connectivity index (χ1v) is 6.99. The molecular weight excluding hydrogens is 272 g/mol. The molecule has 0 radical (unpaired) electrons. The molecule has 0 spiro atoms. The maximum atomic E-state index is 11.1. The van der Waals surface area contributed by atoms with Crippen molar-refractivity contribution >= 4 is 11.8 Å². The number of ether oxygens (including phenoxy) is 1. The fourth-order valence-corrected chi connectivity index (χ4v) is 1.28. The van der Waals surface area contributed by atoms with Crippen molar-refractivity contribution in [2.24, 2.45) is 0 Å². The van der Waals surface area contributed by atoms with Gasteiger partial charge < -0.3 is 14.9 Å². The third-order valence-electron chi connectivity index (χ3n) is 2.74. The van der Waals surface area contributed by atoms with Crippen molar-refractivity contribution in [1.82, 2.24) is 0 Å². The highest BCUT2D eigenvalue weighted by atomic mass is 16.5. The summed E-state index contributed by atoms with van der Waals surface area (Å²) >= 11 is 0. The number of benzene rings is 1. The van der Waals surface area contributed by atoms with E-state index in [0.717, 1.165) is 5.56 Å². The van der Waals surface area contributed by atoms with Crippen molar-refractivity contribution in [2.45, 2.75) is 52.4 Å². The summed E-state index contributed by atoms with van der Waals surface area (Å²) < 4.78 is 4.89. The highest BCUT2D eigenvalue weighted by molar-refractivity contribution is 5.79. The molecule has 0 saturated heterocycles. The number of hydrogen-bond donors (Lipinski definition) is 2. The van der Waals surface area contributed by atoms with Crippen LogP contribution < -0.4 is 0 Å².